The molecule has 21 heavy (non-hydrogen) atoms. The molecule has 0 saturated heterocycles. The average Bonchev–Trinajstić information content (AvgIpc) is 2.37. The van der Waals surface area contributed by atoms with E-state index in [2.05, 4.69) is 15.0 Å². The van der Waals surface area contributed by atoms with E-state index in [-0.39, 0.29) is 6.42 Å². The summed E-state index contributed by atoms with van der Waals surface area (Å²) < 4.78 is 9.80. The number of alkyl carbamates (subject to hydrolysis) is 1. The molecule has 1 rings (SSSR count). The van der Waals surface area contributed by atoms with Gasteiger partial charge >= 0.3 is 12.1 Å². The smallest absolute Gasteiger partial charge is 0.408 e. The average molecular weight is 295 g/mol. The van der Waals surface area contributed by atoms with Crippen LogP contribution in [0.3, 0.4) is 0 Å². The molecule has 1 heterocycles. The van der Waals surface area contributed by atoms with Crippen LogP contribution >= 0.6 is 0 Å². The maximum atomic E-state index is 11.8. The van der Waals surface area contributed by atoms with Crippen molar-refractivity contribution in [1.29, 1.82) is 0 Å². The van der Waals surface area contributed by atoms with Crippen LogP contribution < -0.4 is 11.1 Å². The van der Waals surface area contributed by atoms with Crippen LogP contribution in [0.1, 0.15) is 26.5 Å². The lowest BCUT2D eigenvalue weighted by molar-refractivity contribution is -0.143. The summed E-state index contributed by atoms with van der Waals surface area (Å²) >= 11 is 0. The number of aromatic nitrogens is 1. The number of nitrogen functional groups attached to an aromatic ring is 1. The lowest BCUT2D eigenvalue weighted by atomic mass is 10.1. The molecule has 1 aromatic heterocycles. The molecule has 0 aliphatic carbocycles. The molecule has 0 fully saturated rings. The van der Waals surface area contributed by atoms with Gasteiger partial charge in [-0.15, -0.1) is 0 Å². The number of anilines is 1. The lowest BCUT2D eigenvalue weighted by Crippen LogP contribution is -2.45. The van der Waals surface area contributed by atoms with Crippen molar-refractivity contribution >= 4 is 17.7 Å². The fourth-order valence-corrected chi connectivity index (χ4v) is 1.55. The molecule has 0 spiro atoms. The van der Waals surface area contributed by atoms with Gasteiger partial charge in [0, 0.05) is 12.1 Å². The lowest BCUT2D eigenvalue weighted by Gasteiger charge is -2.22. The Kier molecular flexibility index (Phi) is 5.52. The number of amides is 1. The molecule has 1 atom stereocenters. The highest BCUT2D eigenvalue weighted by molar-refractivity contribution is 5.81. The summed E-state index contributed by atoms with van der Waals surface area (Å²) in [6.45, 7) is 5.21. The standard InChI is InChI=1S/C14H21N3O4/c1-14(2,3)21-13(19)17-11(12(18)20-4)7-10-6-5-9(15)8-16-10/h5-6,8,11H,7,15H2,1-4H3,(H,17,19)/t11-/m0/s1. The van der Waals surface area contributed by atoms with E-state index in [0.717, 1.165) is 0 Å². The van der Waals surface area contributed by atoms with Crippen LogP contribution in [0.25, 0.3) is 0 Å². The van der Waals surface area contributed by atoms with E-state index in [1.165, 1.54) is 13.3 Å². The van der Waals surface area contributed by atoms with Gasteiger partial charge in [0.2, 0.25) is 0 Å². The zero-order chi connectivity index (χ0) is 16.0. The second-order valence-electron chi connectivity index (χ2n) is 5.51. The van der Waals surface area contributed by atoms with Gasteiger partial charge in [0.05, 0.1) is 19.0 Å². The predicted molar refractivity (Wildman–Crippen MR) is 77.5 cm³/mol. The minimum atomic E-state index is -0.874. The van der Waals surface area contributed by atoms with Gasteiger partial charge in [0.15, 0.2) is 0 Å². The SMILES string of the molecule is COC(=O)[C@H](Cc1ccc(N)cn1)NC(=O)OC(C)(C)C. The Morgan fingerprint density at radius 1 is 1.38 bits per heavy atom. The number of nitrogens with two attached hydrogens (primary N) is 1. The first-order valence-electron chi connectivity index (χ1n) is 6.49. The fourth-order valence-electron chi connectivity index (χ4n) is 1.55. The van der Waals surface area contributed by atoms with E-state index in [1.54, 1.807) is 32.9 Å². The van der Waals surface area contributed by atoms with Gasteiger partial charge in [-0.2, -0.15) is 0 Å². The van der Waals surface area contributed by atoms with Crippen molar-refractivity contribution in [1.82, 2.24) is 10.3 Å². The van der Waals surface area contributed by atoms with E-state index >= 15 is 0 Å². The van der Waals surface area contributed by atoms with Gasteiger partial charge in [0.1, 0.15) is 11.6 Å². The maximum absolute atomic E-state index is 11.8. The third kappa shape index (κ3) is 6.11. The normalized spacial score (nSPS) is 12.4. The quantitative estimate of drug-likeness (QED) is 0.811. The van der Waals surface area contributed by atoms with Crippen molar-refractivity contribution in [3.05, 3.63) is 24.0 Å². The Morgan fingerprint density at radius 2 is 2.05 bits per heavy atom. The van der Waals surface area contributed by atoms with Gasteiger partial charge in [-0.05, 0) is 32.9 Å². The number of ether oxygens (including phenoxy) is 2. The Bertz CT molecular complexity index is 494. The first-order chi connectivity index (χ1) is 9.71. The number of nitrogens with one attached hydrogen (secondary N) is 1. The molecule has 0 unspecified atom stereocenters. The maximum Gasteiger partial charge on any atom is 0.408 e. The Labute approximate surface area is 123 Å². The summed E-state index contributed by atoms with van der Waals surface area (Å²) in [4.78, 5) is 27.6. The molecule has 3 N–H and O–H groups in total. The summed E-state index contributed by atoms with van der Waals surface area (Å²) in [5.74, 6) is -0.570. The summed E-state index contributed by atoms with van der Waals surface area (Å²) in [5.41, 5.74) is 6.03. The number of carbonyl (C=O) groups excluding carboxylic acids is 2. The van der Waals surface area contributed by atoms with Crippen molar-refractivity contribution in [2.75, 3.05) is 12.8 Å². The van der Waals surface area contributed by atoms with Gasteiger partial charge in [-0.1, -0.05) is 0 Å². The molecule has 0 radical (unpaired) electrons. The van der Waals surface area contributed by atoms with E-state index in [9.17, 15) is 9.59 Å². The molecule has 7 heteroatoms. The van der Waals surface area contributed by atoms with Gasteiger partial charge in [0.25, 0.3) is 0 Å². The van der Waals surface area contributed by atoms with Crippen LogP contribution in [-0.2, 0) is 20.7 Å². The summed E-state index contributed by atoms with van der Waals surface area (Å²) in [5, 5.41) is 2.48. The van der Waals surface area contributed by atoms with Crippen LogP contribution in [0.4, 0.5) is 10.5 Å². The molecule has 1 amide bonds. The molecular weight excluding hydrogens is 274 g/mol. The second-order valence-corrected chi connectivity index (χ2v) is 5.51. The highest BCUT2D eigenvalue weighted by Crippen LogP contribution is 2.09. The molecule has 116 valence electrons. The highest BCUT2D eigenvalue weighted by atomic mass is 16.6. The van der Waals surface area contributed by atoms with Crippen molar-refractivity contribution in [3.8, 4) is 0 Å². The summed E-state index contributed by atoms with van der Waals surface area (Å²) in [7, 11) is 1.25. The Hall–Kier alpha value is -2.31. The number of nitrogens with zero attached hydrogens (tertiary/aromatic N) is 1. The first-order valence-corrected chi connectivity index (χ1v) is 6.49. The first kappa shape index (κ1) is 16.7. The number of pyridine rings is 1. The van der Waals surface area contributed by atoms with Crippen LogP contribution in [0.15, 0.2) is 18.3 Å². The molecule has 0 aliphatic heterocycles. The zero-order valence-corrected chi connectivity index (χ0v) is 12.7. The summed E-state index contributed by atoms with van der Waals surface area (Å²) in [6.07, 6.45) is 0.983. The third-order valence-corrected chi connectivity index (χ3v) is 2.44. The molecule has 1 aromatic rings. The van der Waals surface area contributed by atoms with Gasteiger partial charge < -0.3 is 20.5 Å². The number of hydrogen-bond acceptors (Lipinski definition) is 6. The molecule has 0 aliphatic rings. The van der Waals surface area contributed by atoms with Crippen LogP contribution in [-0.4, -0.2) is 35.8 Å². The van der Waals surface area contributed by atoms with Crippen LogP contribution in [0.5, 0.6) is 0 Å². The molecule has 0 bridgehead atoms. The third-order valence-electron chi connectivity index (χ3n) is 2.44. The van der Waals surface area contributed by atoms with Crippen molar-refractivity contribution in [2.24, 2.45) is 0 Å². The highest BCUT2D eigenvalue weighted by Gasteiger charge is 2.25. The Morgan fingerprint density at radius 3 is 2.52 bits per heavy atom. The predicted octanol–water partition coefficient (Wildman–Crippen LogP) is 1.27. The van der Waals surface area contributed by atoms with E-state index in [4.69, 9.17) is 10.5 Å². The van der Waals surface area contributed by atoms with Crippen molar-refractivity contribution in [3.63, 3.8) is 0 Å². The number of carbonyl (C=O) groups is 2. The largest absolute Gasteiger partial charge is 0.467 e. The van der Waals surface area contributed by atoms with Gasteiger partial charge in [-0.3, -0.25) is 4.98 Å². The van der Waals surface area contributed by atoms with E-state index in [1.807, 2.05) is 0 Å². The molecule has 0 saturated carbocycles. The minimum absolute atomic E-state index is 0.187. The number of methoxy groups -OCH3 is 1. The number of hydrogen-bond donors (Lipinski definition) is 2. The number of rotatable bonds is 4. The van der Waals surface area contributed by atoms with Crippen molar-refractivity contribution < 1.29 is 19.1 Å². The van der Waals surface area contributed by atoms with Crippen LogP contribution in [0.2, 0.25) is 0 Å². The minimum Gasteiger partial charge on any atom is -0.467 e. The van der Waals surface area contributed by atoms with Gasteiger partial charge in [-0.25, -0.2) is 9.59 Å². The Balaban J connectivity index is 2.74. The van der Waals surface area contributed by atoms with Crippen molar-refractivity contribution in [2.45, 2.75) is 38.8 Å². The molecule has 0 aromatic carbocycles. The van der Waals surface area contributed by atoms with E-state index < -0.39 is 23.7 Å². The van der Waals surface area contributed by atoms with Crippen LogP contribution in [0, 0.1) is 0 Å². The monoisotopic (exact) mass is 295 g/mol. The molecular formula is C14H21N3O4. The molecule has 7 nitrogen and oxygen atoms in total. The topological polar surface area (TPSA) is 104 Å². The fraction of sp³-hybridized carbons (Fsp3) is 0.500. The number of esters is 1. The van der Waals surface area contributed by atoms with E-state index in [0.29, 0.717) is 11.4 Å². The second kappa shape index (κ2) is 6.92. The zero-order valence-electron chi connectivity index (χ0n) is 12.7. The summed E-state index contributed by atoms with van der Waals surface area (Å²) in [6, 6.07) is 2.48.